The molecule has 0 spiro atoms. The summed E-state index contributed by atoms with van der Waals surface area (Å²) in [4.78, 5) is 31.1. The Labute approximate surface area is 205 Å². The van der Waals surface area contributed by atoms with E-state index < -0.39 is 0 Å². The quantitative estimate of drug-likeness (QED) is 0.320. The molecule has 1 aliphatic carbocycles. The van der Waals surface area contributed by atoms with Crippen LogP contribution >= 0.6 is 11.8 Å². The summed E-state index contributed by atoms with van der Waals surface area (Å²) >= 11 is 0.931. The number of carbonyl (C=O) groups excluding carboxylic acids is 3. The SMILES string of the molecule is C=O.CC.CC1(COc2ccc(/C=C3\SC(=O)NC3=O)cc2)CCCCC1.CCCCCC. The summed E-state index contributed by atoms with van der Waals surface area (Å²) in [6.07, 6.45) is 13.7. The van der Waals surface area contributed by atoms with Crippen LogP contribution in [0.3, 0.4) is 0 Å². The van der Waals surface area contributed by atoms with Crippen LogP contribution in [0.25, 0.3) is 6.08 Å². The van der Waals surface area contributed by atoms with Crippen LogP contribution < -0.4 is 10.1 Å². The number of carbonyl (C=O) groups is 3. The molecule has 0 radical (unpaired) electrons. The van der Waals surface area contributed by atoms with Crippen LogP contribution in [0.4, 0.5) is 4.79 Å². The first-order chi connectivity index (χ1) is 16.0. The van der Waals surface area contributed by atoms with Gasteiger partial charge in [-0.1, -0.05) is 91.7 Å². The van der Waals surface area contributed by atoms with Gasteiger partial charge in [-0.15, -0.1) is 0 Å². The van der Waals surface area contributed by atoms with Crippen molar-refractivity contribution in [2.75, 3.05) is 6.61 Å². The topological polar surface area (TPSA) is 72.5 Å². The molecule has 0 bridgehead atoms. The second kappa shape index (κ2) is 18.4. The van der Waals surface area contributed by atoms with Gasteiger partial charge in [-0.3, -0.25) is 14.9 Å². The zero-order valence-corrected chi connectivity index (χ0v) is 22.0. The van der Waals surface area contributed by atoms with E-state index in [0.717, 1.165) is 29.7 Å². The van der Waals surface area contributed by atoms with E-state index in [4.69, 9.17) is 9.53 Å². The Hall–Kier alpha value is -2.08. The fourth-order valence-corrected chi connectivity index (χ4v) is 4.22. The van der Waals surface area contributed by atoms with E-state index in [2.05, 4.69) is 26.1 Å². The molecule has 2 aliphatic rings. The Kier molecular flexibility index (Phi) is 17.2. The van der Waals surface area contributed by atoms with Gasteiger partial charge in [-0.05, 0) is 48.4 Å². The van der Waals surface area contributed by atoms with Crippen molar-refractivity contribution in [3.05, 3.63) is 34.7 Å². The van der Waals surface area contributed by atoms with E-state index >= 15 is 0 Å². The number of thioether (sulfide) groups is 1. The van der Waals surface area contributed by atoms with Crippen molar-refractivity contribution in [3.63, 3.8) is 0 Å². The molecule has 1 aromatic carbocycles. The maximum absolute atomic E-state index is 11.5. The monoisotopic (exact) mass is 477 g/mol. The van der Waals surface area contributed by atoms with Crippen molar-refractivity contribution in [2.45, 2.75) is 92.4 Å². The molecule has 0 atom stereocenters. The molecule has 2 amide bonds. The van der Waals surface area contributed by atoms with Crippen molar-refractivity contribution >= 4 is 35.8 Å². The highest BCUT2D eigenvalue weighted by atomic mass is 32.2. The lowest BCUT2D eigenvalue weighted by atomic mass is 9.76. The van der Waals surface area contributed by atoms with E-state index in [1.165, 1.54) is 57.8 Å². The van der Waals surface area contributed by atoms with E-state index in [1.807, 2.05) is 44.9 Å². The zero-order valence-electron chi connectivity index (χ0n) is 21.2. The van der Waals surface area contributed by atoms with Gasteiger partial charge in [0.25, 0.3) is 11.1 Å². The molecule has 6 heteroatoms. The first kappa shape index (κ1) is 30.9. The molecule has 1 aliphatic heterocycles. The van der Waals surface area contributed by atoms with Gasteiger partial charge in [0.2, 0.25) is 0 Å². The summed E-state index contributed by atoms with van der Waals surface area (Å²) < 4.78 is 5.95. The number of hydrogen-bond acceptors (Lipinski definition) is 5. The largest absolute Gasteiger partial charge is 0.493 e. The Morgan fingerprint density at radius 3 is 2.00 bits per heavy atom. The first-order valence-corrected chi connectivity index (χ1v) is 13.0. The molecule has 5 nitrogen and oxygen atoms in total. The van der Waals surface area contributed by atoms with Gasteiger partial charge >= 0.3 is 0 Å². The van der Waals surface area contributed by atoms with Gasteiger partial charge in [0.1, 0.15) is 12.5 Å². The average molecular weight is 478 g/mol. The number of imide groups is 1. The van der Waals surface area contributed by atoms with E-state index in [-0.39, 0.29) is 16.6 Å². The van der Waals surface area contributed by atoms with Crippen molar-refractivity contribution in [3.8, 4) is 5.75 Å². The minimum Gasteiger partial charge on any atom is -0.493 e. The molecule has 3 rings (SSSR count). The standard InChI is InChI=1S/C18H21NO3S.C6H14.C2H6.CH2O/c1-18(9-3-2-4-10-18)12-22-14-7-5-13(6-8-14)11-15-16(20)19-17(21)23-15;1-3-5-6-4-2;2*1-2/h5-8,11H,2-4,9-10,12H2,1H3,(H,19,20,21);3-6H2,1-2H3;1-2H3;1H2/b15-11-;;;. The first-order valence-electron chi connectivity index (χ1n) is 12.2. The normalized spacial score (nSPS) is 17.4. The van der Waals surface area contributed by atoms with Gasteiger partial charge in [-0.2, -0.15) is 0 Å². The van der Waals surface area contributed by atoms with Crippen LogP contribution in [0, 0.1) is 5.41 Å². The van der Waals surface area contributed by atoms with Crippen LogP contribution in [0.15, 0.2) is 29.2 Å². The number of hydrogen-bond donors (Lipinski definition) is 1. The highest BCUT2D eigenvalue weighted by Gasteiger charge is 2.27. The van der Waals surface area contributed by atoms with E-state index in [1.54, 1.807) is 6.08 Å². The number of rotatable bonds is 7. The number of benzene rings is 1. The smallest absolute Gasteiger partial charge is 0.290 e. The molecule has 1 saturated heterocycles. The highest BCUT2D eigenvalue weighted by molar-refractivity contribution is 8.18. The average Bonchev–Trinajstić information content (AvgIpc) is 3.17. The van der Waals surface area contributed by atoms with Crippen LogP contribution in [0.5, 0.6) is 5.75 Å². The third kappa shape index (κ3) is 12.7. The predicted octanol–water partition coefficient (Wildman–Crippen LogP) is 7.79. The van der Waals surface area contributed by atoms with Crippen LogP contribution in [0.2, 0.25) is 0 Å². The Bertz CT molecular complexity index is 705. The molecule has 33 heavy (non-hydrogen) atoms. The van der Waals surface area contributed by atoms with Gasteiger partial charge in [0, 0.05) is 5.41 Å². The summed E-state index contributed by atoms with van der Waals surface area (Å²) in [7, 11) is 0. The minimum atomic E-state index is -0.328. The number of amides is 2. The summed E-state index contributed by atoms with van der Waals surface area (Å²) in [6, 6.07) is 7.64. The third-order valence-corrected chi connectivity index (χ3v) is 6.24. The van der Waals surface area contributed by atoms with E-state index in [9.17, 15) is 9.59 Å². The predicted molar refractivity (Wildman–Crippen MR) is 141 cm³/mol. The molecule has 1 N–H and O–H groups in total. The van der Waals surface area contributed by atoms with Gasteiger partial charge in [-0.25, -0.2) is 0 Å². The molecule has 1 saturated carbocycles. The van der Waals surface area contributed by atoms with Crippen LogP contribution in [0.1, 0.15) is 98.0 Å². The van der Waals surface area contributed by atoms with Crippen molar-refractivity contribution in [2.24, 2.45) is 5.41 Å². The van der Waals surface area contributed by atoms with Gasteiger partial charge in [0.15, 0.2) is 0 Å². The summed E-state index contributed by atoms with van der Waals surface area (Å²) in [6.45, 7) is 13.5. The third-order valence-electron chi connectivity index (χ3n) is 5.42. The van der Waals surface area contributed by atoms with Gasteiger partial charge < -0.3 is 9.53 Å². The molecular weight excluding hydrogens is 434 g/mol. The molecule has 1 aromatic rings. The fourth-order valence-electron chi connectivity index (χ4n) is 3.54. The Morgan fingerprint density at radius 1 is 1.00 bits per heavy atom. The number of ether oxygens (including phenoxy) is 1. The van der Waals surface area contributed by atoms with E-state index in [0.29, 0.717) is 4.91 Å². The summed E-state index contributed by atoms with van der Waals surface area (Å²) in [5, 5.41) is 1.93. The maximum atomic E-state index is 11.5. The van der Waals surface area contributed by atoms with Crippen LogP contribution in [-0.2, 0) is 9.59 Å². The molecule has 1 heterocycles. The lowest BCUT2D eigenvalue weighted by Gasteiger charge is -2.33. The second-order valence-electron chi connectivity index (χ2n) is 8.29. The Morgan fingerprint density at radius 2 is 1.55 bits per heavy atom. The summed E-state index contributed by atoms with van der Waals surface area (Å²) in [5.74, 6) is 0.518. The van der Waals surface area contributed by atoms with Crippen LogP contribution in [-0.4, -0.2) is 24.5 Å². The lowest BCUT2D eigenvalue weighted by Crippen LogP contribution is -2.27. The van der Waals surface area contributed by atoms with Crippen molar-refractivity contribution < 1.29 is 19.1 Å². The summed E-state index contributed by atoms with van der Waals surface area (Å²) in [5.41, 5.74) is 1.17. The zero-order chi connectivity index (χ0) is 25.1. The Balaban J connectivity index is 0.000000880. The second-order valence-corrected chi connectivity index (χ2v) is 9.30. The van der Waals surface area contributed by atoms with Gasteiger partial charge in [0.05, 0.1) is 11.5 Å². The minimum absolute atomic E-state index is 0.290. The molecule has 0 aromatic heterocycles. The molecule has 2 fully saturated rings. The highest BCUT2D eigenvalue weighted by Crippen LogP contribution is 2.36. The number of unbranched alkanes of at least 4 members (excludes halogenated alkanes) is 3. The fraction of sp³-hybridized carbons (Fsp3) is 0.593. The van der Waals surface area contributed by atoms with Crippen molar-refractivity contribution in [1.29, 1.82) is 0 Å². The van der Waals surface area contributed by atoms with Crippen molar-refractivity contribution in [1.82, 2.24) is 5.32 Å². The molecular formula is C27H43NO4S. The molecule has 186 valence electrons. The molecule has 0 unspecified atom stereocenters. The maximum Gasteiger partial charge on any atom is 0.290 e. The number of nitrogens with one attached hydrogen (secondary N) is 1. The lowest BCUT2D eigenvalue weighted by molar-refractivity contribution is -0.115.